The fraction of sp³-hybridized carbons (Fsp3) is 0.125. The highest BCUT2D eigenvalue weighted by molar-refractivity contribution is 5.81. The molecular weight excluding hydrogens is 334 g/mol. The fourth-order valence-corrected chi connectivity index (χ4v) is 2.94. The summed E-state index contributed by atoms with van der Waals surface area (Å²) in [5.41, 5.74) is 6.60. The van der Waals surface area contributed by atoms with E-state index in [1.807, 2.05) is 24.3 Å². The SMILES string of the molecule is C=CC(=O)OCc1ccc(N(c2cccc(C)c2)c2cccc(C)c2)cc1. The van der Waals surface area contributed by atoms with E-state index < -0.39 is 5.97 Å². The second-order valence-corrected chi connectivity index (χ2v) is 6.49. The molecule has 3 rings (SSSR count). The summed E-state index contributed by atoms with van der Waals surface area (Å²) >= 11 is 0. The Morgan fingerprint density at radius 1 is 0.889 bits per heavy atom. The van der Waals surface area contributed by atoms with Crippen molar-refractivity contribution in [1.29, 1.82) is 0 Å². The summed E-state index contributed by atoms with van der Waals surface area (Å²) in [5, 5.41) is 0. The lowest BCUT2D eigenvalue weighted by molar-refractivity contribution is -0.138. The molecule has 0 amide bonds. The highest BCUT2D eigenvalue weighted by Crippen LogP contribution is 2.35. The summed E-state index contributed by atoms with van der Waals surface area (Å²) in [6.07, 6.45) is 1.17. The van der Waals surface area contributed by atoms with Crippen molar-refractivity contribution in [1.82, 2.24) is 0 Å². The van der Waals surface area contributed by atoms with Gasteiger partial charge in [-0.05, 0) is 66.9 Å². The van der Waals surface area contributed by atoms with Crippen LogP contribution in [0.2, 0.25) is 0 Å². The predicted molar refractivity (Wildman–Crippen MR) is 111 cm³/mol. The Labute approximate surface area is 160 Å². The van der Waals surface area contributed by atoms with Crippen molar-refractivity contribution in [3.8, 4) is 0 Å². The number of nitrogens with zero attached hydrogens (tertiary/aromatic N) is 1. The number of benzene rings is 3. The van der Waals surface area contributed by atoms with Crippen molar-refractivity contribution in [3.63, 3.8) is 0 Å². The van der Waals surface area contributed by atoms with Gasteiger partial charge in [0, 0.05) is 23.1 Å². The second-order valence-electron chi connectivity index (χ2n) is 6.49. The number of ether oxygens (including phenoxy) is 1. The maximum absolute atomic E-state index is 11.2. The maximum atomic E-state index is 11.2. The molecule has 0 N–H and O–H groups in total. The molecule has 27 heavy (non-hydrogen) atoms. The van der Waals surface area contributed by atoms with Crippen molar-refractivity contribution in [2.45, 2.75) is 20.5 Å². The van der Waals surface area contributed by atoms with Crippen molar-refractivity contribution in [2.24, 2.45) is 0 Å². The molecule has 3 nitrogen and oxygen atoms in total. The van der Waals surface area contributed by atoms with Gasteiger partial charge in [-0.3, -0.25) is 0 Å². The smallest absolute Gasteiger partial charge is 0.330 e. The minimum absolute atomic E-state index is 0.236. The van der Waals surface area contributed by atoms with Crippen LogP contribution < -0.4 is 4.90 Å². The summed E-state index contributed by atoms with van der Waals surface area (Å²) < 4.78 is 5.11. The zero-order valence-corrected chi connectivity index (χ0v) is 15.7. The molecule has 0 heterocycles. The lowest BCUT2D eigenvalue weighted by Crippen LogP contribution is -2.10. The lowest BCUT2D eigenvalue weighted by Gasteiger charge is -2.26. The van der Waals surface area contributed by atoms with E-state index in [0.717, 1.165) is 22.6 Å². The Hall–Kier alpha value is -3.33. The molecule has 0 bridgehead atoms. The molecule has 3 aromatic rings. The van der Waals surface area contributed by atoms with Gasteiger partial charge in [-0.25, -0.2) is 4.79 Å². The second kappa shape index (κ2) is 8.37. The number of esters is 1. The van der Waals surface area contributed by atoms with E-state index in [4.69, 9.17) is 4.74 Å². The Bertz CT molecular complexity index is 899. The van der Waals surface area contributed by atoms with Crippen LogP contribution in [-0.4, -0.2) is 5.97 Å². The molecule has 0 fully saturated rings. The van der Waals surface area contributed by atoms with Crippen LogP contribution in [0.25, 0.3) is 0 Å². The van der Waals surface area contributed by atoms with Crippen LogP contribution in [0.4, 0.5) is 17.1 Å². The maximum Gasteiger partial charge on any atom is 0.330 e. The van der Waals surface area contributed by atoms with E-state index in [9.17, 15) is 4.79 Å². The van der Waals surface area contributed by atoms with E-state index in [0.29, 0.717) is 0 Å². The normalized spacial score (nSPS) is 10.3. The topological polar surface area (TPSA) is 29.5 Å². The first-order valence-corrected chi connectivity index (χ1v) is 8.88. The van der Waals surface area contributed by atoms with Gasteiger partial charge < -0.3 is 9.64 Å². The number of hydrogen-bond acceptors (Lipinski definition) is 3. The van der Waals surface area contributed by atoms with Crippen molar-refractivity contribution < 1.29 is 9.53 Å². The van der Waals surface area contributed by atoms with Gasteiger partial charge in [-0.1, -0.05) is 43.0 Å². The van der Waals surface area contributed by atoms with Gasteiger partial charge in [-0.2, -0.15) is 0 Å². The summed E-state index contributed by atoms with van der Waals surface area (Å²) in [5.74, 6) is -0.416. The first-order chi connectivity index (χ1) is 13.1. The van der Waals surface area contributed by atoms with Crippen molar-refractivity contribution >= 4 is 23.0 Å². The van der Waals surface area contributed by atoms with E-state index in [1.165, 1.54) is 17.2 Å². The Balaban J connectivity index is 1.95. The van der Waals surface area contributed by atoms with Crippen molar-refractivity contribution in [3.05, 3.63) is 102 Å². The molecule has 0 aliphatic rings. The minimum Gasteiger partial charge on any atom is -0.458 e. The molecule has 0 saturated heterocycles. The third-order valence-electron chi connectivity index (χ3n) is 4.26. The van der Waals surface area contributed by atoms with Gasteiger partial charge in [0.05, 0.1) is 0 Å². The lowest BCUT2D eigenvalue weighted by atomic mass is 10.1. The van der Waals surface area contributed by atoms with E-state index >= 15 is 0 Å². The molecule has 0 aromatic heterocycles. The van der Waals surface area contributed by atoms with Gasteiger partial charge >= 0.3 is 5.97 Å². The van der Waals surface area contributed by atoms with Crippen LogP contribution in [0.1, 0.15) is 16.7 Å². The molecule has 0 aliphatic heterocycles. The summed E-state index contributed by atoms with van der Waals surface area (Å²) in [6.45, 7) is 7.83. The van der Waals surface area contributed by atoms with Crippen LogP contribution >= 0.6 is 0 Å². The van der Waals surface area contributed by atoms with Crippen LogP contribution in [-0.2, 0) is 16.1 Å². The standard InChI is InChI=1S/C24H23NO2/c1-4-24(26)27-17-20-11-13-21(14-12-20)25(22-9-5-7-18(2)15-22)23-10-6-8-19(3)16-23/h4-16H,1,17H2,2-3H3. The highest BCUT2D eigenvalue weighted by Gasteiger charge is 2.13. The molecule has 136 valence electrons. The first kappa shape index (κ1) is 18.5. The average Bonchev–Trinajstić information content (AvgIpc) is 2.67. The van der Waals surface area contributed by atoms with E-state index in [-0.39, 0.29) is 6.61 Å². The molecule has 0 spiro atoms. The van der Waals surface area contributed by atoms with Crippen LogP contribution in [0.15, 0.2) is 85.5 Å². The quantitative estimate of drug-likeness (QED) is 0.400. The Morgan fingerprint density at radius 3 is 1.93 bits per heavy atom. The molecule has 0 unspecified atom stereocenters. The van der Waals surface area contributed by atoms with Crippen LogP contribution in [0.3, 0.4) is 0 Å². The van der Waals surface area contributed by atoms with Crippen molar-refractivity contribution in [2.75, 3.05) is 4.90 Å². The summed E-state index contributed by atoms with van der Waals surface area (Å²) in [6, 6.07) is 24.9. The molecule has 0 aliphatic carbocycles. The predicted octanol–water partition coefficient (Wildman–Crippen LogP) is 6.00. The monoisotopic (exact) mass is 357 g/mol. The Morgan fingerprint density at radius 2 is 1.44 bits per heavy atom. The molecule has 3 heteroatoms. The number of rotatable bonds is 6. The highest BCUT2D eigenvalue weighted by atomic mass is 16.5. The molecule has 0 saturated carbocycles. The van der Waals surface area contributed by atoms with Gasteiger partial charge in [-0.15, -0.1) is 0 Å². The first-order valence-electron chi connectivity index (χ1n) is 8.88. The number of carbonyl (C=O) groups is 1. The van der Waals surface area contributed by atoms with E-state index in [1.54, 1.807) is 0 Å². The molecular formula is C24H23NO2. The van der Waals surface area contributed by atoms with Gasteiger partial charge in [0.15, 0.2) is 0 Å². The fourth-order valence-electron chi connectivity index (χ4n) is 2.94. The number of hydrogen-bond donors (Lipinski definition) is 0. The number of carbonyl (C=O) groups excluding carboxylic acids is 1. The third-order valence-corrected chi connectivity index (χ3v) is 4.26. The zero-order chi connectivity index (χ0) is 19.2. The Kier molecular flexibility index (Phi) is 5.72. The zero-order valence-electron chi connectivity index (χ0n) is 15.7. The molecule has 0 radical (unpaired) electrons. The minimum atomic E-state index is -0.416. The molecule has 3 aromatic carbocycles. The largest absolute Gasteiger partial charge is 0.458 e. The summed E-state index contributed by atoms with van der Waals surface area (Å²) in [4.78, 5) is 13.5. The summed E-state index contributed by atoms with van der Waals surface area (Å²) in [7, 11) is 0. The van der Waals surface area contributed by atoms with Gasteiger partial charge in [0.1, 0.15) is 6.61 Å². The number of anilines is 3. The van der Waals surface area contributed by atoms with Crippen LogP contribution in [0.5, 0.6) is 0 Å². The van der Waals surface area contributed by atoms with Gasteiger partial charge in [0.2, 0.25) is 0 Å². The third kappa shape index (κ3) is 4.64. The molecule has 0 atom stereocenters. The van der Waals surface area contributed by atoms with Gasteiger partial charge in [0.25, 0.3) is 0 Å². The van der Waals surface area contributed by atoms with Crippen LogP contribution in [0, 0.1) is 13.8 Å². The van der Waals surface area contributed by atoms with E-state index in [2.05, 4.69) is 73.9 Å². The number of aryl methyl sites for hydroxylation is 2. The average molecular weight is 357 g/mol.